The maximum absolute atomic E-state index is 13.4. The molecule has 0 radical (unpaired) electrons. The summed E-state index contributed by atoms with van der Waals surface area (Å²) < 4.78 is 26.9. The number of nitrogens with two attached hydrogens (primary N) is 1. The molecule has 0 saturated heterocycles. The Balaban J connectivity index is 2.15. The summed E-state index contributed by atoms with van der Waals surface area (Å²) in [5, 5.41) is 2.87. The van der Waals surface area contributed by atoms with Crippen molar-refractivity contribution in [1.82, 2.24) is 0 Å². The topological polar surface area (TPSA) is 55.1 Å². The van der Waals surface area contributed by atoms with Crippen LogP contribution in [0.3, 0.4) is 0 Å². The smallest absolute Gasteiger partial charge is 0.229 e. The van der Waals surface area contributed by atoms with Gasteiger partial charge in [0.05, 0.1) is 17.8 Å². The number of nitrogen functional groups attached to an aromatic ring is 1. The van der Waals surface area contributed by atoms with Crippen LogP contribution in [-0.4, -0.2) is 5.91 Å². The van der Waals surface area contributed by atoms with E-state index in [9.17, 15) is 13.6 Å². The van der Waals surface area contributed by atoms with Gasteiger partial charge in [0, 0.05) is 10.6 Å². The number of benzene rings is 2. The van der Waals surface area contributed by atoms with Crippen LogP contribution in [0.4, 0.5) is 20.2 Å². The van der Waals surface area contributed by atoms with Crippen molar-refractivity contribution in [3.63, 3.8) is 0 Å². The molecule has 0 aliphatic heterocycles. The number of nitrogens with one attached hydrogen (secondary N) is 1. The van der Waals surface area contributed by atoms with Crippen LogP contribution in [0.1, 0.15) is 5.56 Å². The molecule has 20 heavy (non-hydrogen) atoms. The highest BCUT2D eigenvalue weighted by molar-refractivity contribution is 6.31. The van der Waals surface area contributed by atoms with E-state index in [1.54, 1.807) is 6.07 Å². The van der Waals surface area contributed by atoms with E-state index in [1.165, 1.54) is 18.2 Å². The molecular weight excluding hydrogens is 286 g/mol. The minimum absolute atomic E-state index is 0.286. The summed E-state index contributed by atoms with van der Waals surface area (Å²) in [6.45, 7) is 0. The first-order valence-corrected chi connectivity index (χ1v) is 6.13. The van der Waals surface area contributed by atoms with E-state index >= 15 is 0 Å². The van der Waals surface area contributed by atoms with E-state index in [-0.39, 0.29) is 5.56 Å². The lowest BCUT2D eigenvalue weighted by Gasteiger charge is -2.09. The summed E-state index contributed by atoms with van der Waals surface area (Å²) in [7, 11) is 0. The molecule has 0 heterocycles. The van der Waals surface area contributed by atoms with Gasteiger partial charge in [0.25, 0.3) is 0 Å². The molecule has 2 aromatic carbocycles. The Bertz CT molecular complexity index is 641. The Hall–Kier alpha value is -2.14. The fourth-order valence-electron chi connectivity index (χ4n) is 1.69. The third-order valence-electron chi connectivity index (χ3n) is 2.69. The largest absolute Gasteiger partial charge is 0.397 e. The number of carbonyl (C=O) groups excluding carboxylic acids is 1. The maximum Gasteiger partial charge on any atom is 0.229 e. The summed E-state index contributed by atoms with van der Waals surface area (Å²) in [4.78, 5) is 11.8. The van der Waals surface area contributed by atoms with Crippen LogP contribution in [-0.2, 0) is 11.2 Å². The molecule has 0 aromatic heterocycles. The predicted molar refractivity (Wildman–Crippen MR) is 74.6 cm³/mol. The van der Waals surface area contributed by atoms with Gasteiger partial charge in [-0.3, -0.25) is 4.79 Å². The molecule has 0 aliphatic rings. The van der Waals surface area contributed by atoms with Crippen molar-refractivity contribution in [1.29, 1.82) is 0 Å². The number of hydrogen-bond donors (Lipinski definition) is 2. The average molecular weight is 297 g/mol. The van der Waals surface area contributed by atoms with E-state index in [0.29, 0.717) is 16.4 Å². The van der Waals surface area contributed by atoms with Crippen molar-refractivity contribution in [2.45, 2.75) is 6.42 Å². The standard InChI is InChI=1S/C14H11ClF2N2O/c15-8-4-5-12(18)13(6-8)19-14(20)7-9-10(16)2-1-3-11(9)17/h1-6H,7,18H2,(H,19,20). The molecule has 2 rings (SSSR count). The predicted octanol–water partition coefficient (Wildman–Crippen LogP) is 3.38. The molecule has 0 unspecified atom stereocenters. The zero-order valence-corrected chi connectivity index (χ0v) is 11.0. The fraction of sp³-hybridized carbons (Fsp3) is 0.0714. The lowest BCUT2D eigenvalue weighted by molar-refractivity contribution is -0.115. The zero-order chi connectivity index (χ0) is 14.7. The quantitative estimate of drug-likeness (QED) is 0.853. The Morgan fingerprint density at radius 1 is 1.20 bits per heavy atom. The zero-order valence-electron chi connectivity index (χ0n) is 10.3. The molecule has 2 aromatic rings. The first-order chi connectivity index (χ1) is 9.47. The number of anilines is 2. The summed E-state index contributed by atoms with van der Waals surface area (Å²) in [6, 6.07) is 8.00. The molecule has 0 bridgehead atoms. The fourth-order valence-corrected chi connectivity index (χ4v) is 1.87. The summed E-state index contributed by atoms with van der Waals surface area (Å²) in [6.07, 6.45) is -0.426. The number of halogens is 3. The number of rotatable bonds is 3. The van der Waals surface area contributed by atoms with E-state index in [0.717, 1.165) is 12.1 Å². The molecule has 0 aliphatic carbocycles. The van der Waals surface area contributed by atoms with Crippen molar-refractivity contribution in [2.75, 3.05) is 11.1 Å². The third-order valence-corrected chi connectivity index (χ3v) is 2.92. The number of carbonyl (C=O) groups is 1. The van der Waals surface area contributed by atoms with Crippen LogP contribution in [0.2, 0.25) is 5.02 Å². The molecule has 3 nitrogen and oxygen atoms in total. The second kappa shape index (κ2) is 5.88. The van der Waals surface area contributed by atoms with Crippen molar-refractivity contribution >= 4 is 28.9 Å². The molecule has 6 heteroatoms. The highest BCUT2D eigenvalue weighted by atomic mass is 35.5. The van der Waals surface area contributed by atoms with E-state index in [1.807, 2.05) is 0 Å². The lowest BCUT2D eigenvalue weighted by Crippen LogP contribution is -2.17. The van der Waals surface area contributed by atoms with Crippen LogP contribution >= 0.6 is 11.6 Å². The second-order valence-corrected chi connectivity index (χ2v) is 4.59. The van der Waals surface area contributed by atoms with Gasteiger partial charge < -0.3 is 11.1 Å². The van der Waals surface area contributed by atoms with Gasteiger partial charge in [0.1, 0.15) is 11.6 Å². The van der Waals surface area contributed by atoms with Crippen molar-refractivity contribution in [2.24, 2.45) is 0 Å². The molecule has 0 atom stereocenters. The van der Waals surface area contributed by atoms with Gasteiger partial charge in [-0.1, -0.05) is 17.7 Å². The van der Waals surface area contributed by atoms with Crippen molar-refractivity contribution < 1.29 is 13.6 Å². The van der Waals surface area contributed by atoms with Crippen molar-refractivity contribution in [3.05, 3.63) is 58.6 Å². The Morgan fingerprint density at radius 2 is 1.85 bits per heavy atom. The van der Waals surface area contributed by atoms with Gasteiger partial charge in [-0.25, -0.2) is 8.78 Å². The normalized spacial score (nSPS) is 10.3. The highest BCUT2D eigenvalue weighted by Gasteiger charge is 2.14. The average Bonchev–Trinajstić information content (AvgIpc) is 2.38. The lowest BCUT2D eigenvalue weighted by atomic mass is 10.1. The van der Waals surface area contributed by atoms with Gasteiger partial charge in [0.15, 0.2) is 0 Å². The first kappa shape index (κ1) is 14.3. The van der Waals surface area contributed by atoms with Gasteiger partial charge in [-0.05, 0) is 30.3 Å². The molecule has 1 amide bonds. The highest BCUT2D eigenvalue weighted by Crippen LogP contribution is 2.23. The third kappa shape index (κ3) is 3.24. The minimum atomic E-state index is -0.765. The van der Waals surface area contributed by atoms with Crippen molar-refractivity contribution in [3.8, 4) is 0 Å². The Labute approximate surface area is 119 Å². The molecular formula is C14H11ClF2N2O. The molecule has 0 saturated carbocycles. The Morgan fingerprint density at radius 3 is 2.50 bits per heavy atom. The number of hydrogen-bond acceptors (Lipinski definition) is 2. The second-order valence-electron chi connectivity index (χ2n) is 4.16. The van der Waals surface area contributed by atoms with E-state index in [4.69, 9.17) is 17.3 Å². The molecule has 3 N–H and O–H groups in total. The summed E-state index contributed by atoms with van der Waals surface area (Å²) >= 11 is 5.78. The summed E-state index contributed by atoms with van der Waals surface area (Å²) in [5.41, 5.74) is 6.00. The molecule has 0 spiro atoms. The maximum atomic E-state index is 13.4. The monoisotopic (exact) mass is 296 g/mol. The van der Waals surface area contributed by atoms with E-state index in [2.05, 4.69) is 5.32 Å². The van der Waals surface area contributed by atoms with Crippen LogP contribution in [0.25, 0.3) is 0 Å². The molecule has 104 valence electrons. The van der Waals surface area contributed by atoms with E-state index < -0.39 is 24.0 Å². The SMILES string of the molecule is Nc1ccc(Cl)cc1NC(=O)Cc1c(F)cccc1F. The van der Waals surface area contributed by atoms with Crippen LogP contribution in [0.5, 0.6) is 0 Å². The first-order valence-electron chi connectivity index (χ1n) is 5.75. The van der Waals surface area contributed by atoms with Gasteiger partial charge >= 0.3 is 0 Å². The van der Waals surface area contributed by atoms with Gasteiger partial charge in [0.2, 0.25) is 5.91 Å². The van der Waals surface area contributed by atoms with Crippen LogP contribution in [0, 0.1) is 11.6 Å². The minimum Gasteiger partial charge on any atom is -0.397 e. The molecule has 0 fully saturated rings. The van der Waals surface area contributed by atoms with Crippen LogP contribution < -0.4 is 11.1 Å². The van der Waals surface area contributed by atoms with Crippen LogP contribution in [0.15, 0.2) is 36.4 Å². The summed E-state index contributed by atoms with van der Waals surface area (Å²) in [5.74, 6) is -2.11. The Kier molecular flexibility index (Phi) is 4.20. The number of amides is 1. The van der Waals surface area contributed by atoms with Gasteiger partial charge in [-0.2, -0.15) is 0 Å². The van der Waals surface area contributed by atoms with Gasteiger partial charge in [-0.15, -0.1) is 0 Å².